The monoisotopic (exact) mass is 448 g/mol. The molecule has 0 radical (unpaired) electrons. The molecule has 3 rings (SSSR count). The Balaban J connectivity index is 1.59. The number of hydrogen-bond acceptors (Lipinski definition) is 6. The zero-order valence-electron chi connectivity index (χ0n) is 18.1. The lowest BCUT2D eigenvalue weighted by molar-refractivity contribution is -0.145. The third kappa shape index (κ3) is 6.18. The van der Waals surface area contributed by atoms with E-state index in [0.717, 1.165) is 27.1 Å². The number of esters is 2. The fourth-order valence-electron chi connectivity index (χ4n) is 2.71. The molecule has 0 atom stereocenters. The average Bonchev–Trinajstić information content (AvgIpc) is 3.26. The predicted octanol–water partition coefficient (Wildman–Crippen LogP) is 6.16. The number of thiophene rings is 1. The normalized spacial score (nSPS) is 10.3. The van der Waals surface area contributed by atoms with Crippen molar-refractivity contribution in [1.29, 1.82) is 0 Å². The summed E-state index contributed by atoms with van der Waals surface area (Å²) in [5.74, 6) is -0.863. The zero-order chi connectivity index (χ0) is 23.1. The molecule has 5 nitrogen and oxygen atoms in total. The number of hydrogen-bond donors (Lipinski definition) is 0. The maximum atomic E-state index is 11.5. The minimum absolute atomic E-state index is 0.146. The maximum Gasteiger partial charge on any atom is 0.335 e. The third-order valence-corrected chi connectivity index (χ3v) is 5.54. The first kappa shape index (κ1) is 23.0. The van der Waals surface area contributed by atoms with E-state index in [1.54, 1.807) is 13.8 Å². The Hall–Kier alpha value is -3.64. The van der Waals surface area contributed by atoms with E-state index < -0.39 is 5.97 Å². The summed E-state index contributed by atoms with van der Waals surface area (Å²) in [4.78, 5) is 23.9. The molecule has 0 spiro atoms. The van der Waals surface area contributed by atoms with Crippen LogP contribution in [0.1, 0.15) is 19.4 Å². The minimum Gasteiger partial charge on any atom is -0.457 e. The molecule has 0 aliphatic carbocycles. The number of carbonyl (C=O) groups is 2. The Morgan fingerprint density at radius 1 is 0.750 bits per heavy atom. The van der Waals surface area contributed by atoms with E-state index in [2.05, 4.69) is 37.4 Å². The highest BCUT2D eigenvalue weighted by Gasteiger charge is 2.08. The Bertz CT molecular complexity index is 1120. The van der Waals surface area contributed by atoms with Gasteiger partial charge in [0.15, 0.2) is 5.06 Å². The minimum atomic E-state index is -0.474. The van der Waals surface area contributed by atoms with Crippen LogP contribution >= 0.6 is 11.3 Å². The van der Waals surface area contributed by atoms with Crippen molar-refractivity contribution in [3.63, 3.8) is 0 Å². The molecule has 0 saturated heterocycles. The molecule has 0 aliphatic rings. The Morgan fingerprint density at radius 3 is 1.88 bits per heavy atom. The summed E-state index contributed by atoms with van der Waals surface area (Å²) in [5, 5.41) is 0.668. The van der Waals surface area contributed by atoms with Crippen LogP contribution in [0.3, 0.4) is 0 Å². The molecule has 164 valence electrons. The average molecular weight is 449 g/mol. The highest BCUT2D eigenvalue weighted by molar-refractivity contribution is 7.17. The summed E-state index contributed by atoms with van der Waals surface area (Å²) in [7, 11) is 0. The van der Waals surface area contributed by atoms with Gasteiger partial charge in [0.25, 0.3) is 0 Å². The highest BCUT2D eigenvalue weighted by Crippen LogP contribution is 2.34. The van der Waals surface area contributed by atoms with Crippen molar-refractivity contribution < 1.29 is 23.8 Å². The van der Waals surface area contributed by atoms with Gasteiger partial charge in [-0.1, -0.05) is 73.0 Å². The summed E-state index contributed by atoms with van der Waals surface area (Å²) in [6, 6.07) is 19.9. The quantitative estimate of drug-likeness (QED) is 0.223. The Kier molecular flexibility index (Phi) is 7.63. The van der Waals surface area contributed by atoms with Crippen LogP contribution in [0.25, 0.3) is 21.6 Å². The number of ether oxygens (including phenoxy) is 3. The Labute approximate surface area is 191 Å². The molecule has 2 aromatic carbocycles. The van der Waals surface area contributed by atoms with Crippen LogP contribution in [0.15, 0.2) is 85.0 Å². The lowest BCUT2D eigenvalue weighted by Crippen LogP contribution is -2.10. The van der Waals surface area contributed by atoms with Gasteiger partial charge in [-0.3, -0.25) is 0 Å². The van der Waals surface area contributed by atoms with Crippen LogP contribution in [-0.2, 0) is 25.7 Å². The summed E-state index contributed by atoms with van der Waals surface area (Å²) in [6.07, 6.45) is 0. The molecule has 0 saturated carbocycles. The molecule has 0 bridgehead atoms. The first-order valence-corrected chi connectivity index (χ1v) is 10.7. The molecule has 0 unspecified atom stereocenters. The molecule has 0 amide bonds. The van der Waals surface area contributed by atoms with Crippen LogP contribution in [0.4, 0.5) is 0 Å². The number of rotatable bonds is 9. The maximum absolute atomic E-state index is 11.5. The SMILES string of the molecule is C=C(C)C(=O)OCOc1ccc(-c2ccc(-c3ccc(COC(=O)C(=C)C)cc3)cc2)s1. The molecule has 3 aromatic rings. The standard InChI is InChI=1S/C26H24O5S/c1-17(2)25(27)29-15-19-5-7-20(8-6-19)21-9-11-22(12-10-21)23-13-14-24(32-23)30-16-31-26(28)18(3)4/h5-14H,1,3,15-16H2,2,4H3. The van der Waals surface area contributed by atoms with Crippen molar-refractivity contribution in [2.24, 2.45) is 0 Å². The van der Waals surface area contributed by atoms with E-state index in [-0.39, 0.29) is 19.4 Å². The molecule has 0 fully saturated rings. The van der Waals surface area contributed by atoms with Gasteiger partial charge in [-0.05, 0) is 48.2 Å². The summed E-state index contributed by atoms with van der Waals surface area (Å²) in [5.41, 5.74) is 4.86. The van der Waals surface area contributed by atoms with Gasteiger partial charge in [0.1, 0.15) is 6.61 Å². The smallest absolute Gasteiger partial charge is 0.335 e. The van der Waals surface area contributed by atoms with E-state index in [1.165, 1.54) is 11.3 Å². The van der Waals surface area contributed by atoms with Crippen molar-refractivity contribution >= 4 is 23.3 Å². The number of carbonyl (C=O) groups excluding carboxylic acids is 2. The van der Waals surface area contributed by atoms with Gasteiger partial charge >= 0.3 is 11.9 Å². The molecule has 0 aliphatic heterocycles. The van der Waals surface area contributed by atoms with Gasteiger partial charge in [-0.25, -0.2) is 9.59 Å². The summed E-state index contributed by atoms with van der Waals surface area (Å²) >= 11 is 1.48. The summed E-state index contributed by atoms with van der Waals surface area (Å²) < 4.78 is 15.6. The highest BCUT2D eigenvalue weighted by atomic mass is 32.1. The van der Waals surface area contributed by atoms with Gasteiger partial charge in [-0.15, -0.1) is 0 Å². The van der Waals surface area contributed by atoms with E-state index >= 15 is 0 Å². The second-order valence-electron chi connectivity index (χ2n) is 7.22. The van der Waals surface area contributed by atoms with Crippen molar-refractivity contribution in [3.8, 4) is 26.6 Å². The molecule has 1 aromatic heterocycles. The molecular weight excluding hydrogens is 424 g/mol. The van der Waals surface area contributed by atoms with Crippen LogP contribution in [0, 0.1) is 0 Å². The van der Waals surface area contributed by atoms with Crippen molar-refractivity contribution in [2.45, 2.75) is 20.5 Å². The fourth-order valence-corrected chi connectivity index (χ4v) is 3.56. The molecule has 1 heterocycles. The van der Waals surface area contributed by atoms with Crippen LogP contribution in [0.5, 0.6) is 5.06 Å². The topological polar surface area (TPSA) is 61.8 Å². The van der Waals surface area contributed by atoms with E-state index in [9.17, 15) is 9.59 Å². The fraction of sp³-hybridized carbons (Fsp3) is 0.154. The third-order valence-electron chi connectivity index (χ3n) is 4.50. The predicted molar refractivity (Wildman–Crippen MR) is 126 cm³/mol. The van der Waals surface area contributed by atoms with Gasteiger partial charge in [-0.2, -0.15) is 0 Å². The van der Waals surface area contributed by atoms with E-state index in [1.807, 2.05) is 36.4 Å². The lowest BCUT2D eigenvalue weighted by atomic mass is 10.0. The molecular formula is C26H24O5S. The largest absolute Gasteiger partial charge is 0.457 e. The molecule has 32 heavy (non-hydrogen) atoms. The van der Waals surface area contributed by atoms with Crippen LogP contribution in [0.2, 0.25) is 0 Å². The summed E-state index contributed by atoms with van der Waals surface area (Å²) in [6.45, 7) is 10.4. The first-order valence-electron chi connectivity index (χ1n) is 9.91. The molecule has 6 heteroatoms. The van der Waals surface area contributed by atoms with Crippen molar-refractivity contribution in [2.75, 3.05) is 6.79 Å². The zero-order valence-corrected chi connectivity index (χ0v) is 18.9. The van der Waals surface area contributed by atoms with Gasteiger partial charge in [0.2, 0.25) is 6.79 Å². The lowest BCUT2D eigenvalue weighted by Gasteiger charge is -2.07. The van der Waals surface area contributed by atoms with E-state index in [0.29, 0.717) is 16.2 Å². The van der Waals surface area contributed by atoms with Crippen LogP contribution < -0.4 is 4.74 Å². The first-order chi connectivity index (χ1) is 15.3. The van der Waals surface area contributed by atoms with Crippen molar-refractivity contribution in [3.05, 3.63) is 90.5 Å². The van der Waals surface area contributed by atoms with Crippen LogP contribution in [-0.4, -0.2) is 18.7 Å². The van der Waals surface area contributed by atoms with Gasteiger partial charge in [0.05, 0.1) is 0 Å². The Morgan fingerprint density at radius 2 is 1.28 bits per heavy atom. The second-order valence-corrected chi connectivity index (χ2v) is 8.27. The number of benzene rings is 2. The van der Waals surface area contributed by atoms with E-state index in [4.69, 9.17) is 14.2 Å². The molecule has 0 N–H and O–H groups in total. The van der Waals surface area contributed by atoms with Gasteiger partial charge in [0, 0.05) is 16.0 Å². The van der Waals surface area contributed by atoms with Gasteiger partial charge < -0.3 is 14.2 Å². The van der Waals surface area contributed by atoms with Crippen molar-refractivity contribution in [1.82, 2.24) is 0 Å². The second kappa shape index (κ2) is 10.6.